The molecule has 1 N–H and O–H groups in total. The Morgan fingerprint density at radius 2 is 1.67 bits per heavy atom. The molecule has 0 radical (unpaired) electrons. The lowest BCUT2D eigenvalue weighted by atomic mass is 10.1. The minimum Gasteiger partial charge on any atom is -0.352 e. The molecule has 2 rings (SSSR count). The summed E-state index contributed by atoms with van der Waals surface area (Å²) in [6.07, 6.45) is 0.999. The lowest BCUT2D eigenvalue weighted by Crippen LogP contribution is -2.52. The van der Waals surface area contributed by atoms with Gasteiger partial charge in [-0.2, -0.15) is 0 Å². The van der Waals surface area contributed by atoms with E-state index in [1.54, 1.807) is 57.2 Å². The molecule has 0 bridgehead atoms. The molecule has 0 aliphatic heterocycles. The summed E-state index contributed by atoms with van der Waals surface area (Å²) in [7, 11) is -3.83. The fourth-order valence-electron chi connectivity index (χ4n) is 3.07. The molecule has 0 spiro atoms. The van der Waals surface area contributed by atoms with Crippen molar-refractivity contribution >= 4 is 62.3 Å². The Labute approximate surface area is 209 Å². The second kappa shape index (κ2) is 11.4. The van der Waals surface area contributed by atoms with Crippen LogP contribution in [-0.2, 0) is 26.2 Å². The molecule has 0 heterocycles. The lowest BCUT2D eigenvalue weighted by molar-refractivity contribution is -0.139. The molecule has 2 aromatic carbocycles. The normalized spacial score (nSPS) is 12.4. The third-order valence-corrected chi connectivity index (χ3v) is 6.83. The summed E-state index contributed by atoms with van der Waals surface area (Å²) in [5.74, 6) is -0.940. The van der Waals surface area contributed by atoms with Crippen molar-refractivity contribution in [1.29, 1.82) is 0 Å². The largest absolute Gasteiger partial charge is 0.352 e. The van der Waals surface area contributed by atoms with Crippen LogP contribution in [0.25, 0.3) is 0 Å². The lowest BCUT2D eigenvalue weighted by Gasteiger charge is -2.32. The van der Waals surface area contributed by atoms with Gasteiger partial charge in [-0.25, -0.2) is 8.42 Å². The SMILES string of the molecule is CC(C)NC(=O)[C@H](C)N(Cc1ccc(Cl)c(Cl)c1)C(=O)CN(c1cccc(Cl)c1)S(C)(=O)=O. The Balaban J connectivity index is 2.41. The minimum atomic E-state index is -3.83. The Bertz CT molecular complexity index is 1130. The predicted molar refractivity (Wildman–Crippen MR) is 133 cm³/mol. The number of sulfonamides is 1. The van der Waals surface area contributed by atoms with Gasteiger partial charge in [-0.1, -0.05) is 46.9 Å². The van der Waals surface area contributed by atoms with E-state index < -0.39 is 28.5 Å². The van der Waals surface area contributed by atoms with E-state index in [4.69, 9.17) is 34.8 Å². The predicted octanol–water partition coefficient (Wildman–Crippen LogP) is 4.35. The first-order valence-corrected chi connectivity index (χ1v) is 13.0. The van der Waals surface area contributed by atoms with Crippen LogP contribution in [0.4, 0.5) is 5.69 Å². The Kier molecular flexibility index (Phi) is 9.43. The zero-order valence-electron chi connectivity index (χ0n) is 18.7. The summed E-state index contributed by atoms with van der Waals surface area (Å²) in [6, 6.07) is 10.0. The second-order valence-electron chi connectivity index (χ2n) is 7.86. The summed E-state index contributed by atoms with van der Waals surface area (Å²) in [5.41, 5.74) is 0.878. The number of nitrogens with zero attached hydrogens (tertiary/aromatic N) is 2. The van der Waals surface area contributed by atoms with Crippen LogP contribution in [0.2, 0.25) is 15.1 Å². The van der Waals surface area contributed by atoms with Crippen molar-refractivity contribution < 1.29 is 18.0 Å². The molecule has 0 unspecified atom stereocenters. The molecule has 11 heteroatoms. The van der Waals surface area contributed by atoms with E-state index in [-0.39, 0.29) is 24.2 Å². The number of nitrogens with one attached hydrogen (secondary N) is 1. The van der Waals surface area contributed by atoms with Crippen molar-refractivity contribution in [2.45, 2.75) is 39.4 Å². The average Bonchev–Trinajstić information content (AvgIpc) is 2.70. The van der Waals surface area contributed by atoms with Gasteiger partial charge in [-0.3, -0.25) is 13.9 Å². The van der Waals surface area contributed by atoms with Gasteiger partial charge in [0.2, 0.25) is 21.8 Å². The van der Waals surface area contributed by atoms with Gasteiger partial charge in [-0.05, 0) is 56.7 Å². The van der Waals surface area contributed by atoms with Crippen LogP contribution in [0.5, 0.6) is 0 Å². The fraction of sp³-hybridized carbons (Fsp3) is 0.364. The fourth-order valence-corrected chi connectivity index (χ4v) is 4.41. The van der Waals surface area contributed by atoms with Gasteiger partial charge in [0, 0.05) is 17.6 Å². The van der Waals surface area contributed by atoms with Crippen LogP contribution in [-0.4, -0.2) is 50.0 Å². The average molecular weight is 535 g/mol. The summed E-state index contributed by atoms with van der Waals surface area (Å²) < 4.78 is 25.9. The Morgan fingerprint density at radius 1 is 1.00 bits per heavy atom. The highest BCUT2D eigenvalue weighted by Gasteiger charge is 2.30. The molecule has 33 heavy (non-hydrogen) atoms. The quantitative estimate of drug-likeness (QED) is 0.518. The molecular formula is C22H26Cl3N3O4S. The number of halogens is 3. The zero-order valence-corrected chi connectivity index (χ0v) is 21.8. The van der Waals surface area contributed by atoms with Gasteiger partial charge in [0.1, 0.15) is 12.6 Å². The second-order valence-corrected chi connectivity index (χ2v) is 11.0. The molecule has 1 atom stereocenters. The number of hydrogen-bond donors (Lipinski definition) is 1. The summed E-state index contributed by atoms with van der Waals surface area (Å²) in [5, 5.41) is 3.76. The maximum Gasteiger partial charge on any atom is 0.244 e. The van der Waals surface area contributed by atoms with E-state index >= 15 is 0 Å². The number of hydrogen-bond acceptors (Lipinski definition) is 4. The van der Waals surface area contributed by atoms with Crippen molar-refractivity contribution in [3.05, 3.63) is 63.1 Å². The van der Waals surface area contributed by atoms with E-state index in [1.165, 1.54) is 11.0 Å². The molecule has 0 aromatic heterocycles. The molecule has 2 amide bonds. The summed E-state index contributed by atoms with van der Waals surface area (Å²) in [4.78, 5) is 27.4. The number of amides is 2. The first kappa shape index (κ1) is 27.2. The Hall–Kier alpha value is -2.00. The zero-order chi connectivity index (χ0) is 24.9. The number of carbonyl (C=O) groups excluding carboxylic acids is 2. The van der Waals surface area contributed by atoms with Crippen LogP contribution in [0.1, 0.15) is 26.3 Å². The van der Waals surface area contributed by atoms with E-state index in [1.807, 2.05) is 0 Å². The molecule has 0 fully saturated rings. The van der Waals surface area contributed by atoms with Crippen LogP contribution in [0.3, 0.4) is 0 Å². The highest BCUT2D eigenvalue weighted by atomic mass is 35.5. The maximum absolute atomic E-state index is 13.4. The van der Waals surface area contributed by atoms with E-state index in [0.717, 1.165) is 10.6 Å². The number of rotatable bonds is 9. The smallest absolute Gasteiger partial charge is 0.244 e. The van der Waals surface area contributed by atoms with Gasteiger partial charge < -0.3 is 10.2 Å². The van der Waals surface area contributed by atoms with Crippen LogP contribution < -0.4 is 9.62 Å². The van der Waals surface area contributed by atoms with Gasteiger partial charge in [0.15, 0.2) is 0 Å². The van der Waals surface area contributed by atoms with Gasteiger partial charge in [0.05, 0.1) is 22.0 Å². The van der Waals surface area contributed by atoms with Crippen molar-refractivity contribution in [3.8, 4) is 0 Å². The highest BCUT2D eigenvalue weighted by molar-refractivity contribution is 7.92. The van der Waals surface area contributed by atoms with Gasteiger partial charge >= 0.3 is 0 Å². The molecule has 2 aromatic rings. The molecular weight excluding hydrogens is 509 g/mol. The Morgan fingerprint density at radius 3 is 2.21 bits per heavy atom. The summed E-state index contributed by atoms with van der Waals surface area (Å²) >= 11 is 18.1. The topological polar surface area (TPSA) is 86.8 Å². The van der Waals surface area contributed by atoms with E-state index in [2.05, 4.69) is 5.32 Å². The first-order chi connectivity index (χ1) is 15.3. The molecule has 0 saturated heterocycles. The van der Waals surface area contributed by atoms with Crippen LogP contribution >= 0.6 is 34.8 Å². The van der Waals surface area contributed by atoms with E-state index in [9.17, 15) is 18.0 Å². The highest BCUT2D eigenvalue weighted by Crippen LogP contribution is 2.25. The molecule has 180 valence electrons. The van der Waals surface area contributed by atoms with Crippen molar-refractivity contribution in [1.82, 2.24) is 10.2 Å². The monoisotopic (exact) mass is 533 g/mol. The van der Waals surface area contributed by atoms with Crippen molar-refractivity contribution in [3.63, 3.8) is 0 Å². The minimum absolute atomic E-state index is 0.0234. The van der Waals surface area contributed by atoms with Gasteiger partial charge in [-0.15, -0.1) is 0 Å². The number of anilines is 1. The number of benzene rings is 2. The van der Waals surface area contributed by atoms with Gasteiger partial charge in [0.25, 0.3) is 0 Å². The van der Waals surface area contributed by atoms with Crippen LogP contribution in [0.15, 0.2) is 42.5 Å². The third-order valence-electron chi connectivity index (χ3n) is 4.71. The molecule has 0 saturated carbocycles. The van der Waals surface area contributed by atoms with Crippen molar-refractivity contribution in [2.75, 3.05) is 17.1 Å². The maximum atomic E-state index is 13.4. The van der Waals surface area contributed by atoms with Crippen molar-refractivity contribution in [2.24, 2.45) is 0 Å². The number of carbonyl (C=O) groups is 2. The van der Waals surface area contributed by atoms with Crippen LogP contribution in [0, 0.1) is 0 Å². The standard InChI is InChI=1S/C22H26Cl3N3O4S/c1-14(2)26-22(30)15(3)27(12-16-8-9-19(24)20(25)10-16)21(29)13-28(33(4,31)32)18-7-5-6-17(23)11-18/h5-11,14-15H,12-13H2,1-4H3,(H,26,30)/t15-/m0/s1. The molecule has 0 aliphatic carbocycles. The third kappa shape index (κ3) is 7.78. The first-order valence-electron chi connectivity index (χ1n) is 10.1. The summed E-state index contributed by atoms with van der Waals surface area (Å²) in [6.45, 7) is 4.70. The molecule has 0 aliphatic rings. The van der Waals surface area contributed by atoms with E-state index in [0.29, 0.717) is 20.6 Å². The molecule has 7 nitrogen and oxygen atoms in total.